The number of fused-ring (bicyclic) bond motifs is 3. The third kappa shape index (κ3) is 9.06. The molecule has 262 valence electrons. The first-order valence-electron chi connectivity index (χ1n) is 16.7. The number of nitrogens with two attached hydrogens (primary N) is 2. The number of Topliss-reactive ketones (excluding diaryl/α,β-unsaturated/α-hetero) is 1. The van der Waals surface area contributed by atoms with E-state index in [0.29, 0.717) is 56.7 Å². The van der Waals surface area contributed by atoms with Crippen molar-refractivity contribution in [3.8, 4) is 11.4 Å². The van der Waals surface area contributed by atoms with Crippen molar-refractivity contribution in [1.82, 2.24) is 46.5 Å². The summed E-state index contributed by atoms with van der Waals surface area (Å²) in [5.74, 6) is -0.348. The molecule has 50 heavy (non-hydrogen) atoms. The van der Waals surface area contributed by atoms with Gasteiger partial charge in [0.1, 0.15) is 0 Å². The van der Waals surface area contributed by atoms with Crippen molar-refractivity contribution in [3.63, 3.8) is 0 Å². The van der Waals surface area contributed by atoms with Gasteiger partial charge < -0.3 is 32.0 Å². The highest BCUT2D eigenvalue weighted by molar-refractivity contribution is 6.09. The summed E-state index contributed by atoms with van der Waals surface area (Å²) in [4.78, 5) is 37.5. The topological polar surface area (TPSA) is 235 Å². The Morgan fingerprint density at radius 1 is 0.880 bits per heavy atom. The minimum atomic E-state index is -0.652. The molecule has 0 radical (unpaired) electrons. The molecule has 0 unspecified atom stereocenters. The van der Waals surface area contributed by atoms with Crippen LogP contribution in [-0.4, -0.2) is 87.5 Å². The maximum atomic E-state index is 12.9. The number of nitrogens with one attached hydrogen (secondary N) is 6. The number of hydrogen-bond acceptors (Lipinski definition) is 9. The van der Waals surface area contributed by atoms with Gasteiger partial charge in [0.15, 0.2) is 11.7 Å². The van der Waals surface area contributed by atoms with E-state index in [0.717, 1.165) is 39.4 Å². The van der Waals surface area contributed by atoms with Crippen LogP contribution in [0.4, 0.5) is 0 Å². The number of ketones is 1. The number of guanidine groups is 1. The summed E-state index contributed by atoms with van der Waals surface area (Å²) < 4.78 is 2.27. The molecule has 10 N–H and O–H groups in total. The lowest BCUT2D eigenvalue weighted by Gasteiger charge is -2.19. The molecule has 0 aliphatic heterocycles. The Balaban J connectivity index is 1.08. The van der Waals surface area contributed by atoms with Crippen molar-refractivity contribution in [3.05, 3.63) is 77.9 Å². The molecule has 2 aromatic heterocycles. The molecule has 5 aromatic rings. The molecule has 0 aliphatic carbocycles. The molecule has 0 aliphatic rings. The molecule has 2 amide bonds. The zero-order valence-corrected chi connectivity index (χ0v) is 28.0. The summed E-state index contributed by atoms with van der Waals surface area (Å²) in [5.41, 5.74) is 15.5. The van der Waals surface area contributed by atoms with Crippen LogP contribution >= 0.6 is 0 Å². The van der Waals surface area contributed by atoms with Crippen molar-refractivity contribution >= 4 is 45.4 Å². The normalized spacial score (nSPS) is 12.5. The average molecular weight is 681 g/mol. The predicted molar refractivity (Wildman–Crippen MR) is 192 cm³/mol. The van der Waals surface area contributed by atoms with Crippen LogP contribution in [0, 0.1) is 5.41 Å². The second kappa shape index (κ2) is 17.1. The quantitative estimate of drug-likeness (QED) is 0.0358. The highest BCUT2D eigenvalue weighted by Crippen LogP contribution is 2.32. The number of amides is 2. The summed E-state index contributed by atoms with van der Waals surface area (Å²) in [5, 5.41) is 35.5. The van der Waals surface area contributed by atoms with Crippen LogP contribution in [0.25, 0.3) is 33.2 Å². The van der Waals surface area contributed by atoms with Gasteiger partial charge in [-0.05, 0) is 86.3 Å². The average Bonchev–Trinajstić information content (AvgIpc) is 3.76. The number of aromatic nitrogens is 5. The number of carbonyl (C=O) groups is 3. The van der Waals surface area contributed by atoms with Crippen LogP contribution in [0.5, 0.6) is 0 Å². The van der Waals surface area contributed by atoms with Crippen molar-refractivity contribution in [2.24, 2.45) is 11.5 Å². The van der Waals surface area contributed by atoms with E-state index in [-0.39, 0.29) is 30.2 Å². The maximum Gasteiger partial charge on any atom is 0.251 e. The monoisotopic (exact) mass is 680 g/mol. The van der Waals surface area contributed by atoms with Gasteiger partial charge in [-0.3, -0.25) is 25.1 Å². The van der Waals surface area contributed by atoms with Gasteiger partial charge in [-0.1, -0.05) is 30.3 Å². The fourth-order valence-corrected chi connectivity index (χ4v) is 6.06. The lowest BCUT2D eigenvalue weighted by atomic mass is 10.0. The molecule has 15 heteroatoms. The second-order valence-electron chi connectivity index (χ2n) is 12.1. The number of benzene rings is 3. The van der Waals surface area contributed by atoms with E-state index in [1.165, 1.54) is 0 Å². The summed E-state index contributed by atoms with van der Waals surface area (Å²) >= 11 is 0. The van der Waals surface area contributed by atoms with Gasteiger partial charge >= 0.3 is 0 Å². The minimum Gasteiger partial charge on any atom is -0.370 e. The zero-order valence-electron chi connectivity index (χ0n) is 28.0. The molecule has 0 saturated carbocycles. The number of hydrogen-bond donors (Lipinski definition) is 8. The number of likely N-dealkylation sites (N-methyl/N-ethyl adjacent to an activating group) is 1. The Morgan fingerprint density at radius 2 is 1.62 bits per heavy atom. The Kier molecular flexibility index (Phi) is 12.2. The van der Waals surface area contributed by atoms with Crippen LogP contribution in [0.1, 0.15) is 48.0 Å². The zero-order chi connectivity index (χ0) is 35.5. The third-order valence-corrected chi connectivity index (χ3v) is 8.73. The summed E-state index contributed by atoms with van der Waals surface area (Å²) in [6.07, 6.45) is 3.00. The number of primary amides is 1. The largest absolute Gasteiger partial charge is 0.370 e. The first kappa shape index (κ1) is 35.6. The van der Waals surface area contributed by atoms with Crippen molar-refractivity contribution < 1.29 is 14.4 Å². The minimum absolute atomic E-state index is 0.00517. The summed E-state index contributed by atoms with van der Waals surface area (Å²) in [6.45, 7) is 1.56. The van der Waals surface area contributed by atoms with Gasteiger partial charge in [-0.25, -0.2) is 0 Å². The molecule has 5 rings (SSSR count). The van der Waals surface area contributed by atoms with Crippen molar-refractivity contribution in [1.29, 1.82) is 5.41 Å². The highest BCUT2D eigenvalue weighted by atomic mass is 16.2. The number of nitrogens with zero attached hydrogens (tertiary/aromatic N) is 4. The van der Waals surface area contributed by atoms with Crippen LogP contribution in [0.3, 0.4) is 0 Å². The second-order valence-corrected chi connectivity index (χ2v) is 12.1. The Labute approximate surface area is 289 Å². The van der Waals surface area contributed by atoms with Gasteiger partial charge in [0, 0.05) is 52.6 Å². The first-order valence-corrected chi connectivity index (χ1v) is 16.7. The van der Waals surface area contributed by atoms with Crippen LogP contribution in [0.2, 0.25) is 0 Å². The molecule has 0 fully saturated rings. The van der Waals surface area contributed by atoms with E-state index in [1.807, 2.05) is 42.5 Å². The molecular weight excluding hydrogens is 636 g/mol. The number of tetrazole rings is 1. The number of rotatable bonds is 19. The van der Waals surface area contributed by atoms with Crippen molar-refractivity contribution in [2.75, 3.05) is 26.7 Å². The smallest absolute Gasteiger partial charge is 0.251 e. The van der Waals surface area contributed by atoms with Gasteiger partial charge in [0.25, 0.3) is 5.91 Å². The number of para-hydroxylation sites is 1. The standard InChI is InChI=1S/C35H44N12O3/c1-39-27(31(48)20-42-28(32(36)49)9-6-18-41-35(37)38)8-4-5-17-40-34(50)23-13-11-22(12-14-23)21-47-29-10-3-2-7-25(29)26-19-24(15-16-30(26)47)33-43-45-46-44-33/h2-3,7,10-16,19,27-28,39,42H,4-6,8-9,17-18,20-21H2,1H3,(H2,36,49)(H,40,50)(H4,37,38,41)(H,43,44,45,46)/t27-,28-/m0/s1. The van der Waals surface area contributed by atoms with Gasteiger partial charge in [-0.15, -0.1) is 10.2 Å². The molecular formula is C35H44N12O3. The Bertz CT molecular complexity index is 1920. The van der Waals surface area contributed by atoms with Gasteiger partial charge in [0.05, 0.1) is 18.6 Å². The SMILES string of the molecule is CN[C@@H](CCCCNC(=O)c1ccc(Cn2c3ccccc3c3cc(-c4nn[nH]n4)ccc32)cc1)C(=O)CN[C@@H](CCCNC(=N)N)C(N)=O. The van der Waals surface area contributed by atoms with Crippen LogP contribution in [-0.2, 0) is 16.1 Å². The molecule has 3 aromatic carbocycles. The van der Waals surface area contributed by atoms with Crippen LogP contribution in [0.15, 0.2) is 66.7 Å². The fraction of sp³-hybridized carbons (Fsp3) is 0.343. The van der Waals surface area contributed by atoms with E-state index < -0.39 is 11.9 Å². The molecule has 2 heterocycles. The van der Waals surface area contributed by atoms with Crippen molar-refractivity contribution in [2.45, 2.75) is 50.7 Å². The third-order valence-electron chi connectivity index (χ3n) is 8.73. The van der Waals surface area contributed by atoms with E-state index in [2.05, 4.69) is 70.7 Å². The number of carbonyl (C=O) groups excluding carboxylic acids is 3. The number of H-pyrrole nitrogens is 1. The Morgan fingerprint density at radius 3 is 2.34 bits per heavy atom. The molecule has 0 saturated heterocycles. The van der Waals surface area contributed by atoms with Gasteiger partial charge in [-0.2, -0.15) is 5.21 Å². The van der Waals surface area contributed by atoms with E-state index in [1.54, 1.807) is 7.05 Å². The number of unbranched alkanes of at least 4 members (excludes halogenated alkanes) is 1. The highest BCUT2D eigenvalue weighted by Gasteiger charge is 2.20. The van der Waals surface area contributed by atoms with E-state index in [9.17, 15) is 14.4 Å². The molecule has 0 spiro atoms. The summed E-state index contributed by atoms with van der Waals surface area (Å²) in [7, 11) is 1.72. The fourth-order valence-electron chi connectivity index (χ4n) is 6.06. The lowest BCUT2D eigenvalue weighted by molar-refractivity contribution is -0.122. The van der Waals surface area contributed by atoms with Gasteiger partial charge in [0.2, 0.25) is 11.7 Å². The predicted octanol–water partition coefficient (Wildman–Crippen LogP) is 1.79. The lowest BCUT2D eigenvalue weighted by Crippen LogP contribution is -2.47. The Hall–Kier alpha value is -5.67. The van der Waals surface area contributed by atoms with E-state index >= 15 is 0 Å². The number of aromatic amines is 1. The maximum absolute atomic E-state index is 12.9. The summed E-state index contributed by atoms with van der Waals surface area (Å²) in [6, 6.07) is 21.0. The first-order chi connectivity index (χ1) is 24.2. The molecule has 0 bridgehead atoms. The molecule has 2 atom stereocenters. The van der Waals surface area contributed by atoms with E-state index in [4.69, 9.17) is 16.9 Å². The van der Waals surface area contributed by atoms with Crippen LogP contribution < -0.4 is 32.7 Å². The molecule has 15 nitrogen and oxygen atoms in total.